The van der Waals surface area contributed by atoms with Gasteiger partial charge in [-0.05, 0) is 53.0 Å². The number of nitrogens with zero attached hydrogens (tertiary/aromatic N) is 1. The summed E-state index contributed by atoms with van der Waals surface area (Å²) in [6.07, 6.45) is 1.62. The topological polar surface area (TPSA) is 24.9 Å². The number of nitrogens with one attached hydrogen (secondary N) is 1. The first-order valence-corrected chi connectivity index (χ1v) is 6.38. The Labute approximate surface area is 114 Å². The molecule has 0 aliphatic carbocycles. The number of halogens is 2. The molecule has 1 aromatic heterocycles. The van der Waals surface area contributed by atoms with Crippen molar-refractivity contribution in [3.8, 4) is 0 Å². The summed E-state index contributed by atoms with van der Waals surface area (Å²) in [6, 6.07) is 8.09. The predicted octanol–water partition coefficient (Wildman–Crippen LogP) is 4.86. The summed E-state index contributed by atoms with van der Waals surface area (Å²) in [5.41, 5.74) is 3.45. The highest BCUT2D eigenvalue weighted by Crippen LogP contribution is 2.27. The van der Waals surface area contributed by atoms with Gasteiger partial charge in [-0.1, -0.05) is 23.7 Å². The van der Waals surface area contributed by atoms with E-state index in [0.29, 0.717) is 5.02 Å². The van der Waals surface area contributed by atoms with E-state index in [-0.39, 0.29) is 0 Å². The molecule has 2 rings (SSSR count). The van der Waals surface area contributed by atoms with Gasteiger partial charge in [-0.25, -0.2) is 4.98 Å². The van der Waals surface area contributed by atoms with Gasteiger partial charge in [-0.15, -0.1) is 0 Å². The van der Waals surface area contributed by atoms with Crippen LogP contribution in [0.5, 0.6) is 0 Å². The van der Waals surface area contributed by atoms with Crippen LogP contribution in [-0.4, -0.2) is 4.98 Å². The van der Waals surface area contributed by atoms with Gasteiger partial charge in [0.2, 0.25) is 0 Å². The summed E-state index contributed by atoms with van der Waals surface area (Å²) in [4.78, 5) is 4.25. The lowest BCUT2D eigenvalue weighted by atomic mass is 10.1. The second-order valence-corrected chi connectivity index (χ2v) is 5.22. The van der Waals surface area contributed by atoms with E-state index in [9.17, 15) is 0 Å². The SMILES string of the molecule is Cc1ccc(C)c(Nc2ncc(Cl)cc2Br)c1. The molecule has 4 heteroatoms. The van der Waals surface area contributed by atoms with Gasteiger partial charge in [0, 0.05) is 11.9 Å². The van der Waals surface area contributed by atoms with Crippen molar-refractivity contribution < 1.29 is 0 Å². The maximum Gasteiger partial charge on any atom is 0.144 e. The van der Waals surface area contributed by atoms with E-state index in [1.165, 1.54) is 11.1 Å². The Kier molecular flexibility index (Phi) is 3.69. The van der Waals surface area contributed by atoms with Crippen molar-refractivity contribution in [1.29, 1.82) is 0 Å². The Morgan fingerprint density at radius 3 is 2.71 bits per heavy atom. The average Bonchev–Trinajstić information content (AvgIpc) is 2.27. The van der Waals surface area contributed by atoms with Crippen LogP contribution < -0.4 is 5.32 Å². The van der Waals surface area contributed by atoms with Crippen molar-refractivity contribution in [2.45, 2.75) is 13.8 Å². The molecule has 0 radical (unpaired) electrons. The minimum Gasteiger partial charge on any atom is -0.339 e. The molecule has 0 atom stereocenters. The molecule has 0 saturated carbocycles. The van der Waals surface area contributed by atoms with Crippen LogP contribution in [0.1, 0.15) is 11.1 Å². The van der Waals surface area contributed by atoms with Gasteiger partial charge in [0.15, 0.2) is 0 Å². The van der Waals surface area contributed by atoms with Gasteiger partial charge >= 0.3 is 0 Å². The van der Waals surface area contributed by atoms with E-state index >= 15 is 0 Å². The molecular formula is C13H12BrClN2. The predicted molar refractivity (Wildman–Crippen MR) is 76.1 cm³/mol. The fourth-order valence-electron chi connectivity index (χ4n) is 1.50. The molecule has 2 nitrogen and oxygen atoms in total. The highest BCUT2D eigenvalue weighted by atomic mass is 79.9. The van der Waals surface area contributed by atoms with Crippen molar-refractivity contribution in [1.82, 2.24) is 4.98 Å². The summed E-state index contributed by atoms with van der Waals surface area (Å²) < 4.78 is 0.853. The lowest BCUT2D eigenvalue weighted by molar-refractivity contribution is 1.27. The number of aromatic nitrogens is 1. The van der Waals surface area contributed by atoms with Gasteiger partial charge < -0.3 is 5.32 Å². The molecule has 0 unspecified atom stereocenters. The first kappa shape index (κ1) is 12.4. The highest BCUT2D eigenvalue weighted by molar-refractivity contribution is 9.10. The van der Waals surface area contributed by atoms with Crippen LogP contribution in [0.2, 0.25) is 5.02 Å². The van der Waals surface area contributed by atoms with Crippen molar-refractivity contribution in [3.63, 3.8) is 0 Å². The molecule has 2 aromatic rings. The van der Waals surface area contributed by atoms with E-state index in [1.807, 2.05) is 6.07 Å². The van der Waals surface area contributed by atoms with Crippen LogP contribution in [0.15, 0.2) is 34.9 Å². The number of hydrogen-bond donors (Lipinski definition) is 1. The smallest absolute Gasteiger partial charge is 0.144 e. The Balaban J connectivity index is 2.34. The van der Waals surface area contributed by atoms with Gasteiger partial charge in [-0.3, -0.25) is 0 Å². The van der Waals surface area contributed by atoms with E-state index in [0.717, 1.165) is 16.0 Å². The van der Waals surface area contributed by atoms with Crippen molar-refractivity contribution in [2.75, 3.05) is 5.32 Å². The van der Waals surface area contributed by atoms with Crippen LogP contribution in [0, 0.1) is 13.8 Å². The van der Waals surface area contributed by atoms with Crippen molar-refractivity contribution in [3.05, 3.63) is 51.1 Å². The third-order valence-corrected chi connectivity index (χ3v) is 3.27. The number of hydrogen-bond acceptors (Lipinski definition) is 2. The van der Waals surface area contributed by atoms with Crippen molar-refractivity contribution >= 4 is 39.0 Å². The van der Waals surface area contributed by atoms with Crippen LogP contribution in [0.25, 0.3) is 0 Å². The number of aryl methyl sites for hydroxylation is 2. The van der Waals surface area contributed by atoms with Gasteiger partial charge in [-0.2, -0.15) is 0 Å². The van der Waals surface area contributed by atoms with Crippen molar-refractivity contribution in [2.24, 2.45) is 0 Å². The Hall–Kier alpha value is -1.06. The van der Waals surface area contributed by atoms with Crippen LogP contribution in [0.4, 0.5) is 11.5 Å². The minimum absolute atomic E-state index is 0.614. The van der Waals surface area contributed by atoms with Gasteiger partial charge in [0.1, 0.15) is 5.82 Å². The molecule has 0 aliphatic rings. The van der Waals surface area contributed by atoms with Crippen LogP contribution >= 0.6 is 27.5 Å². The number of pyridine rings is 1. The van der Waals surface area contributed by atoms with Crippen LogP contribution in [-0.2, 0) is 0 Å². The molecule has 88 valence electrons. The number of benzene rings is 1. The minimum atomic E-state index is 0.614. The molecule has 0 saturated heterocycles. The monoisotopic (exact) mass is 310 g/mol. The molecule has 1 heterocycles. The molecule has 1 aromatic carbocycles. The van der Waals surface area contributed by atoms with E-state index in [2.05, 4.69) is 58.3 Å². The number of rotatable bonds is 2. The Morgan fingerprint density at radius 2 is 2.00 bits per heavy atom. The zero-order valence-electron chi connectivity index (χ0n) is 9.59. The lowest BCUT2D eigenvalue weighted by Gasteiger charge is -2.11. The van der Waals surface area contributed by atoms with Gasteiger partial charge in [0.05, 0.1) is 9.50 Å². The summed E-state index contributed by atoms with van der Waals surface area (Å²) in [5, 5.41) is 3.91. The highest BCUT2D eigenvalue weighted by Gasteiger charge is 2.05. The standard InChI is InChI=1S/C13H12BrClN2/c1-8-3-4-9(2)12(5-8)17-13-11(14)6-10(15)7-16-13/h3-7H,1-2H3,(H,16,17). The second-order valence-electron chi connectivity index (χ2n) is 3.93. The molecule has 0 aliphatic heterocycles. The number of anilines is 2. The quantitative estimate of drug-likeness (QED) is 0.857. The van der Waals surface area contributed by atoms with Crippen LogP contribution in [0.3, 0.4) is 0 Å². The first-order valence-electron chi connectivity index (χ1n) is 5.21. The molecular weight excluding hydrogens is 300 g/mol. The summed E-state index contributed by atoms with van der Waals surface area (Å²) >= 11 is 9.29. The first-order chi connectivity index (χ1) is 8.06. The summed E-state index contributed by atoms with van der Waals surface area (Å²) in [6.45, 7) is 4.13. The Bertz CT molecular complexity index is 555. The lowest BCUT2D eigenvalue weighted by Crippen LogP contribution is -1.97. The average molecular weight is 312 g/mol. The fraction of sp³-hybridized carbons (Fsp3) is 0.154. The molecule has 17 heavy (non-hydrogen) atoms. The molecule has 0 amide bonds. The molecule has 1 N–H and O–H groups in total. The summed E-state index contributed by atoms with van der Waals surface area (Å²) in [7, 11) is 0. The summed E-state index contributed by atoms with van der Waals surface area (Å²) in [5.74, 6) is 0.767. The zero-order valence-corrected chi connectivity index (χ0v) is 11.9. The maximum absolute atomic E-state index is 5.86. The largest absolute Gasteiger partial charge is 0.339 e. The molecule has 0 fully saturated rings. The van der Waals surface area contributed by atoms with E-state index in [4.69, 9.17) is 11.6 Å². The zero-order chi connectivity index (χ0) is 12.4. The van der Waals surface area contributed by atoms with Gasteiger partial charge in [0.25, 0.3) is 0 Å². The second kappa shape index (κ2) is 5.07. The fourth-order valence-corrected chi connectivity index (χ4v) is 2.24. The molecule has 0 spiro atoms. The van der Waals surface area contributed by atoms with E-state index in [1.54, 1.807) is 6.20 Å². The maximum atomic E-state index is 5.86. The normalized spacial score (nSPS) is 10.4. The third-order valence-electron chi connectivity index (χ3n) is 2.45. The Morgan fingerprint density at radius 1 is 1.24 bits per heavy atom. The third kappa shape index (κ3) is 2.99. The van der Waals surface area contributed by atoms with E-state index < -0.39 is 0 Å². The molecule has 0 bridgehead atoms.